The molecule has 2 nitrogen and oxygen atoms in total. The van der Waals surface area contributed by atoms with Gasteiger partial charge in [-0.25, -0.2) is 0 Å². The molecule has 0 aliphatic rings. The van der Waals surface area contributed by atoms with Crippen molar-refractivity contribution in [3.05, 3.63) is 71.8 Å². The smallest absolute Gasteiger partial charge is 0.0899 e. The predicted molar refractivity (Wildman–Crippen MR) is 85.1 cm³/mol. The van der Waals surface area contributed by atoms with Crippen molar-refractivity contribution in [3.63, 3.8) is 0 Å². The maximum absolute atomic E-state index is 6.21. The molecule has 0 saturated heterocycles. The van der Waals surface area contributed by atoms with E-state index in [1.807, 2.05) is 30.3 Å². The molecule has 0 heterocycles. The molecule has 2 heteroatoms. The monoisotopic (exact) mass is 268 g/mol. The minimum Gasteiger partial charge on any atom is -0.310 e. The highest BCUT2D eigenvalue weighted by Crippen LogP contribution is 2.19. The van der Waals surface area contributed by atoms with Crippen LogP contribution in [-0.2, 0) is 12.1 Å². The zero-order valence-electron chi connectivity index (χ0n) is 12.0. The van der Waals surface area contributed by atoms with Crippen molar-refractivity contribution in [2.24, 2.45) is 11.5 Å². The molecule has 0 aliphatic carbocycles. The molecule has 4 N–H and O–H groups in total. The highest BCUT2D eigenvalue weighted by atomic mass is 14.9. The molecule has 0 aromatic heterocycles. The second-order valence-corrected chi connectivity index (χ2v) is 5.45. The first-order valence-electron chi connectivity index (χ1n) is 7.36. The Bertz CT molecular complexity index is 491. The van der Waals surface area contributed by atoms with Crippen LogP contribution in [0.1, 0.15) is 36.8 Å². The fraction of sp³-hybridized carbons (Fsp3) is 0.333. The van der Waals surface area contributed by atoms with Crippen molar-refractivity contribution >= 4 is 0 Å². The lowest BCUT2D eigenvalue weighted by atomic mass is 9.94. The molecule has 0 fully saturated rings. The van der Waals surface area contributed by atoms with Crippen molar-refractivity contribution < 1.29 is 0 Å². The summed E-state index contributed by atoms with van der Waals surface area (Å²) < 4.78 is 0. The molecule has 2 aromatic rings. The highest BCUT2D eigenvalue weighted by molar-refractivity contribution is 5.22. The van der Waals surface area contributed by atoms with E-state index in [1.165, 1.54) is 12.0 Å². The maximum atomic E-state index is 6.21. The van der Waals surface area contributed by atoms with Crippen molar-refractivity contribution in [1.82, 2.24) is 0 Å². The zero-order valence-corrected chi connectivity index (χ0v) is 12.0. The summed E-state index contributed by atoms with van der Waals surface area (Å²) in [6, 6.07) is 20.6. The van der Waals surface area contributed by atoms with Crippen LogP contribution in [-0.4, -0.2) is 0 Å². The first-order valence-corrected chi connectivity index (χ1v) is 7.36. The summed E-state index contributed by atoms with van der Waals surface area (Å²) >= 11 is 0. The van der Waals surface area contributed by atoms with Crippen molar-refractivity contribution in [2.45, 2.75) is 37.8 Å². The van der Waals surface area contributed by atoms with Gasteiger partial charge in [-0.1, -0.05) is 67.1 Å². The van der Waals surface area contributed by atoms with Crippen LogP contribution < -0.4 is 11.5 Å². The molecule has 0 amide bonds. The number of rotatable bonds is 7. The Morgan fingerprint density at radius 3 is 1.95 bits per heavy atom. The Labute approximate surface area is 121 Å². The zero-order chi connectivity index (χ0) is 14.3. The fourth-order valence-corrected chi connectivity index (χ4v) is 2.46. The normalized spacial score (nSPS) is 11.5. The molecule has 2 aromatic carbocycles. The standard InChI is InChI=1S/C18H24N2/c19-18(20,17-13-7-2-8-14-17)15-9-3-6-12-16-10-4-1-5-11-16/h1-2,4-5,7-8,10-11,13-14H,3,6,9,12,15,19-20H2. The van der Waals surface area contributed by atoms with Crippen LogP contribution in [0.2, 0.25) is 0 Å². The van der Waals surface area contributed by atoms with E-state index in [9.17, 15) is 0 Å². The van der Waals surface area contributed by atoms with E-state index in [0.717, 1.165) is 31.2 Å². The van der Waals surface area contributed by atoms with E-state index in [1.54, 1.807) is 0 Å². The van der Waals surface area contributed by atoms with Gasteiger partial charge in [0.05, 0.1) is 5.66 Å². The molecule has 0 spiro atoms. The molecule has 0 radical (unpaired) electrons. The first kappa shape index (κ1) is 14.8. The van der Waals surface area contributed by atoms with E-state index >= 15 is 0 Å². The second kappa shape index (κ2) is 7.22. The Hall–Kier alpha value is -1.64. The number of hydrogen-bond donors (Lipinski definition) is 2. The van der Waals surface area contributed by atoms with Gasteiger partial charge in [-0.05, 0) is 36.8 Å². The molecule has 0 saturated carbocycles. The van der Waals surface area contributed by atoms with Crippen molar-refractivity contribution in [3.8, 4) is 0 Å². The quantitative estimate of drug-likeness (QED) is 0.596. The average Bonchev–Trinajstić information content (AvgIpc) is 2.49. The number of aryl methyl sites for hydroxylation is 1. The lowest BCUT2D eigenvalue weighted by Crippen LogP contribution is -2.45. The maximum Gasteiger partial charge on any atom is 0.0899 e. The fourth-order valence-electron chi connectivity index (χ4n) is 2.46. The summed E-state index contributed by atoms with van der Waals surface area (Å²) in [5.41, 5.74) is 14.1. The molecule has 2 rings (SSSR count). The summed E-state index contributed by atoms with van der Waals surface area (Å²) in [6.07, 6.45) is 5.38. The van der Waals surface area contributed by atoms with Crippen LogP contribution >= 0.6 is 0 Å². The predicted octanol–water partition coefficient (Wildman–Crippen LogP) is 3.56. The topological polar surface area (TPSA) is 52.0 Å². The van der Waals surface area contributed by atoms with E-state index in [0.29, 0.717) is 0 Å². The van der Waals surface area contributed by atoms with Gasteiger partial charge in [0.2, 0.25) is 0 Å². The molecule has 0 atom stereocenters. The van der Waals surface area contributed by atoms with Gasteiger partial charge in [-0.3, -0.25) is 0 Å². The van der Waals surface area contributed by atoms with Crippen LogP contribution in [0.5, 0.6) is 0 Å². The molecule has 0 aliphatic heterocycles. The van der Waals surface area contributed by atoms with Gasteiger partial charge in [0.15, 0.2) is 0 Å². The minimum absolute atomic E-state index is 0.700. The van der Waals surface area contributed by atoms with Gasteiger partial charge in [-0.15, -0.1) is 0 Å². The van der Waals surface area contributed by atoms with E-state index in [-0.39, 0.29) is 0 Å². The van der Waals surface area contributed by atoms with Gasteiger partial charge in [0.25, 0.3) is 0 Å². The Kier molecular flexibility index (Phi) is 5.33. The number of unbranched alkanes of at least 4 members (excludes halogenated alkanes) is 2. The third-order valence-electron chi connectivity index (χ3n) is 3.71. The van der Waals surface area contributed by atoms with Crippen molar-refractivity contribution in [2.75, 3.05) is 0 Å². The highest BCUT2D eigenvalue weighted by Gasteiger charge is 2.20. The molecular weight excluding hydrogens is 244 g/mol. The van der Waals surface area contributed by atoms with Gasteiger partial charge in [0, 0.05) is 0 Å². The average molecular weight is 268 g/mol. The third kappa shape index (κ3) is 4.48. The van der Waals surface area contributed by atoms with Crippen LogP contribution in [0, 0.1) is 0 Å². The lowest BCUT2D eigenvalue weighted by Gasteiger charge is -2.25. The van der Waals surface area contributed by atoms with E-state index < -0.39 is 5.66 Å². The van der Waals surface area contributed by atoms with Crippen LogP contribution in [0.15, 0.2) is 60.7 Å². The van der Waals surface area contributed by atoms with Crippen LogP contribution in [0.3, 0.4) is 0 Å². The van der Waals surface area contributed by atoms with E-state index in [2.05, 4.69) is 30.3 Å². The minimum atomic E-state index is -0.700. The molecular formula is C18H24N2. The Morgan fingerprint density at radius 1 is 0.700 bits per heavy atom. The van der Waals surface area contributed by atoms with Gasteiger partial charge >= 0.3 is 0 Å². The first-order chi connectivity index (χ1) is 9.68. The number of hydrogen-bond acceptors (Lipinski definition) is 2. The molecule has 20 heavy (non-hydrogen) atoms. The lowest BCUT2D eigenvalue weighted by molar-refractivity contribution is 0.402. The van der Waals surface area contributed by atoms with Crippen LogP contribution in [0.25, 0.3) is 0 Å². The van der Waals surface area contributed by atoms with E-state index in [4.69, 9.17) is 11.5 Å². The Balaban J connectivity index is 1.70. The third-order valence-corrected chi connectivity index (χ3v) is 3.71. The second-order valence-electron chi connectivity index (χ2n) is 5.45. The van der Waals surface area contributed by atoms with Gasteiger partial charge in [0.1, 0.15) is 0 Å². The summed E-state index contributed by atoms with van der Waals surface area (Å²) in [5, 5.41) is 0. The Morgan fingerprint density at radius 2 is 1.30 bits per heavy atom. The summed E-state index contributed by atoms with van der Waals surface area (Å²) in [4.78, 5) is 0. The van der Waals surface area contributed by atoms with Crippen LogP contribution in [0.4, 0.5) is 0 Å². The summed E-state index contributed by atoms with van der Waals surface area (Å²) in [6.45, 7) is 0. The summed E-state index contributed by atoms with van der Waals surface area (Å²) in [5.74, 6) is 0. The largest absolute Gasteiger partial charge is 0.310 e. The SMILES string of the molecule is NC(N)(CCCCCc1ccccc1)c1ccccc1. The van der Waals surface area contributed by atoms with Gasteiger partial charge < -0.3 is 11.5 Å². The molecule has 0 unspecified atom stereocenters. The number of nitrogens with two attached hydrogens (primary N) is 2. The van der Waals surface area contributed by atoms with Gasteiger partial charge in [-0.2, -0.15) is 0 Å². The summed E-state index contributed by atoms with van der Waals surface area (Å²) in [7, 11) is 0. The number of benzene rings is 2. The molecule has 0 bridgehead atoms. The molecule has 106 valence electrons. The van der Waals surface area contributed by atoms with Crippen molar-refractivity contribution in [1.29, 1.82) is 0 Å².